The highest BCUT2D eigenvalue weighted by atomic mass is 32.1. The van der Waals surface area contributed by atoms with Crippen LogP contribution in [-0.2, 0) is 17.6 Å². The van der Waals surface area contributed by atoms with Crippen LogP contribution in [0.15, 0.2) is 6.33 Å². The molecule has 3 heterocycles. The fraction of sp³-hybridized carbons (Fsp3) is 0.533. The third-order valence-corrected chi connectivity index (χ3v) is 5.81. The number of hydrogen-bond acceptors (Lipinski definition) is 6. The molecular weight excluding hydrogens is 328 g/mol. The first kappa shape index (κ1) is 15.3. The number of rotatable bonds is 5. The van der Waals surface area contributed by atoms with Gasteiger partial charge in [0.1, 0.15) is 11.3 Å². The molecule has 0 bridgehead atoms. The van der Waals surface area contributed by atoms with E-state index in [0.29, 0.717) is 25.1 Å². The maximum Gasteiger partial charge on any atom is 0.254 e. The lowest BCUT2D eigenvalue weighted by Crippen LogP contribution is -2.36. The van der Waals surface area contributed by atoms with Gasteiger partial charge in [0, 0.05) is 30.9 Å². The number of nitrogens with one attached hydrogen (secondary N) is 1. The molecule has 9 heteroatoms. The smallest absolute Gasteiger partial charge is 0.254 e. The molecule has 1 saturated heterocycles. The van der Waals surface area contributed by atoms with E-state index in [-0.39, 0.29) is 11.8 Å². The van der Waals surface area contributed by atoms with E-state index in [0.717, 1.165) is 42.8 Å². The van der Waals surface area contributed by atoms with Gasteiger partial charge in [-0.05, 0) is 41.7 Å². The van der Waals surface area contributed by atoms with E-state index in [1.54, 1.807) is 20.9 Å². The van der Waals surface area contributed by atoms with Crippen molar-refractivity contribution >= 4 is 23.2 Å². The van der Waals surface area contributed by atoms with Gasteiger partial charge in [0.15, 0.2) is 0 Å². The highest BCUT2D eigenvalue weighted by Gasteiger charge is 2.28. The van der Waals surface area contributed by atoms with Crippen molar-refractivity contribution in [1.82, 2.24) is 30.4 Å². The molecule has 1 aliphatic heterocycles. The van der Waals surface area contributed by atoms with Crippen molar-refractivity contribution in [2.24, 2.45) is 0 Å². The van der Waals surface area contributed by atoms with Gasteiger partial charge in [-0.15, -0.1) is 16.4 Å². The highest BCUT2D eigenvalue weighted by Crippen LogP contribution is 2.37. The van der Waals surface area contributed by atoms with Gasteiger partial charge in [-0.25, -0.2) is 0 Å². The standard InChI is InChI=1S/C15H18N6O2S/c22-12-5-2-7-20(12)8-6-16-14(23)13-10-3-1-4-11(10)24-15(13)21-9-17-18-19-21/h9H,1-8H2,(H,16,23). The first-order valence-electron chi connectivity index (χ1n) is 8.18. The Morgan fingerprint density at radius 2 is 2.21 bits per heavy atom. The number of tetrazole rings is 1. The SMILES string of the molecule is O=C(NCCN1CCCC1=O)c1c(-n2cnnn2)sc2c1CCC2. The van der Waals surface area contributed by atoms with Gasteiger partial charge in [-0.2, -0.15) is 4.68 Å². The second kappa shape index (κ2) is 6.31. The minimum Gasteiger partial charge on any atom is -0.350 e. The molecule has 0 saturated carbocycles. The Labute approximate surface area is 142 Å². The summed E-state index contributed by atoms with van der Waals surface area (Å²) in [5, 5.41) is 15.0. The van der Waals surface area contributed by atoms with E-state index in [1.807, 2.05) is 0 Å². The lowest BCUT2D eigenvalue weighted by Gasteiger charge is -2.16. The molecule has 1 fully saturated rings. The van der Waals surface area contributed by atoms with Crippen molar-refractivity contribution in [2.45, 2.75) is 32.1 Å². The van der Waals surface area contributed by atoms with E-state index in [4.69, 9.17) is 0 Å². The Balaban J connectivity index is 1.50. The zero-order valence-electron chi connectivity index (χ0n) is 13.2. The Morgan fingerprint density at radius 1 is 1.29 bits per heavy atom. The molecule has 2 amide bonds. The zero-order valence-corrected chi connectivity index (χ0v) is 14.0. The van der Waals surface area contributed by atoms with Crippen molar-refractivity contribution in [1.29, 1.82) is 0 Å². The van der Waals surface area contributed by atoms with Gasteiger partial charge < -0.3 is 10.2 Å². The van der Waals surface area contributed by atoms with Crippen molar-refractivity contribution in [3.05, 3.63) is 22.3 Å². The molecule has 0 radical (unpaired) electrons. The number of nitrogens with zero attached hydrogens (tertiary/aromatic N) is 5. The molecule has 1 N–H and O–H groups in total. The first-order chi connectivity index (χ1) is 11.7. The summed E-state index contributed by atoms with van der Waals surface area (Å²) in [6, 6.07) is 0. The van der Waals surface area contributed by atoms with Crippen molar-refractivity contribution in [3.8, 4) is 5.00 Å². The van der Waals surface area contributed by atoms with Crippen LogP contribution in [0.4, 0.5) is 0 Å². The number of carbonyl (C=O) groups is 2. The number of aromatic nitrogens is 4. The molecule has 126 valence electrons. The maximum atomic E-state index is 12.7. The number of likely N-dealkylation sites (tertiary alicyclic amines) is 1. The molecule has 2 aliphatic rings. The molecule has 0 unspecified atom stereocenters. The minimum absolute atomic E-state index is 0.105. The van der Waals surface area contributed by atoms with Crippen LogP contribution in [0.5, 0.6) is 0 Å². The van der Waals surface area contributed by atoms with Gasteiger partial charge in [0.05, 0.1) is 5.56 Å². The van der Waals surface area contributed by atoms with E-state index >= 15 is 0 Å². The van der Waals surface area contributed by atoms with Gasteiger partial charge >= 0.3 is 0 Å². The van der Waals surface area contributed by atoms with E-state index < -0.39 is 0 Å². The predicted molar refractivity (Wildman–Crippen MR) is 87.2 cm³/mol. The zero-order chi connectivity index (χ0) is 16.5. The van der Waals surface area contributed by atoms with E-state index in [2.05, 4.69) is 20.8 Å². The number of aryl methyl sites for hydroxylation is 1. The number of thiophene rings is 1. The summed E-state index contributed by atoms with van der Waals surface area (Å²) in [6.45, 7) is 1.82. The Morgan fingerprint density at radius 3 is 2.96 bits per heavy atom. The highest BCUT2D eigenvalue weighted by molar-refractivity contribution is 7.15. The van der Waals surface area contributed by atoms with Gasteiger partial charge in [0.2, 0.25) is 5.91 Å². The average Bonchev–Trinajstić information content (AvgIpc) is 3.31. The molecule has 8 nitrogen and oxygen atoms in total. The molecule has 0 spiro atoms. The van der Waals surface area contributed by atoms with Crippen molar-refractivity contribution < 1.29 is 9.59 Å². The summed E-state index contributed by atoms with van der Waals surface area (Å²) >= 11 is 1.59. The van der Waals surface area contributed by atoms with E-state index in [9.17, 15) is 9.59 Å². The van der Waals surface area contributed by atoms with Gasteiger partial charge in [-0.1, -0.05) is 0 Å². The van der Waals surface area contributed by atoms with Crippen LogP contribution in [-0.4, -0.2) is 56.6 Å². The summed E-state index contributed by atoms with van der Waals surface area (Å²) in [6.07, 6.45) is 6.05. The van der Waals surface area contributed by atoms with Crippen LogP contribution in [0.25, 0.3) is 5.00 Å². The van der Waals surface area contributed by atoms with E-state index in [1.165, 1.54) is 11.2 Å². The third-order valence-electron chi connectivity index (χ3n) is 4.53. The molecule has 0 aromatic carbocycles. The summed E-state index contributed by atoms with van der Waals surface area (Å²) in [4.78, 5) is 27.4. The summed E-state index contributed by atoms with van der Waals surface area (Å²) in [5.74, 6) is 0.0709. The second-order valence-corrected chi connectivity index (χ2v) is 7.12. The third kappa shape index (κ3) is 2.68. The number of fused-ring (bicyclic) bond motifs is 1. The molecular formula is C15H18N6O2S. The van der Waals surface area contributed by atoms with Crippen LogP contribution in [0.3, 0.4) is 0 Å². The summed E-state index contributed by atoms with van der Waals surface area (Å²) in [7, 11) is 0. The molecule has 0 atom stereocenters. The van der Waals surface area contributed by atoms with Crippen LogP contribution in [0, 0.1) is 0 Å². The normalized spacial score (nSPS) is 16.7. The Bertz CT molecular complexity index is 769. The number of hydrogen-bond donors (Lipinski definition) is 1. The monoisotopic (exact) mass is 346 g/mol. The predicted octanol–water partition coefficient (Wildman–Crippen LogP) is 0.565. The average molecular weight is 346 g/mol. The minimum atomic E-state index is -0.105. The molecule has 1 aliphatic carbocycles. The fourth-order valence-corrected chi connectivity index (χ4v) is 4.68. The van der Waals surface area contributed by atoms with Crippen LogP contribution >= 0.6 is 11.3 Å². The first-order valence-corrected chi connectivity index (χ1v) is 8.99. The molecule has 2 aromatic heterocycles. The van der Waals surface area contributed by atoms with Gasteiger partial charge in [0.25, 0.3) is 5.91 Å². The lowest BCUT2D eigenvalue weighted by atomic mass is 10.1. The quantitative estimate of drug-likeness (QED) is 0.854. The van der Waals surface area contributed by atoms with Crippen molar-refractivity contribution in [2.75, 3.05) is 19.6 Å². The second-order valence-electron chi connectivity index (χ2n) is 6.03. The van der Waals surface area contributed by atoms with Crippen LogP contribution in [0.2, 0.25) is 0 Å². The fourth-order valence-electron chi connectivity index (χ4n) is 3.37. The van der Waals surface area contributed by atoms with Crippen LogP contribution in [0.1, 0.15) is 40.1 Å². The molecule has 4 rings (SSSR count). The summed E-state index contributed by atoms with van der Waals surface area (Å²) < 4.78 is 1.56. The lowest BCUT2D eigenvalue weighted by molar-refractivity contribution is -0.127. The number of carbonyl (C=O) groups excluding carboxylic acids is 2. The van der Waals surface area contributed by atoms with Gasteiger partial charge in [-0.3, -0.25) is 9.59 Å². The maximum absolute atomic E-state index is 12.7. The topological polar surface area (TPSA) is 93.0 Å². The molecule has 2 aromatic rings. The molecule has 24 heavy (non-hydrogen) atoms. The largest absolute Gasteiger partial charge is 0.350 e. The summed E-state index contributed by atoms with van der Waals surface area (Å²) in [5.41, 5.74) is 1.81. The van der Waals surface area contributed by atoms with Crippen molar-refractivity contribution in [3.63, 3.8) is 0 Å². The number of amides is 2. The Hall–Kier alpha value is -2.29. The van der Waals surface area contributed by atoms with Crippen LogP contribution < -0.4 is 5.32 Å². The Kier molecular flexibility index (Phi) is 4.01.